The van der Waals surface area contributed by atoms with Crippen molar-refractivity contribution in [2.24, 2.45) is 4.99 Å². The molecule has 7 heteroatoms. The van der Waals surface area contributed by atoms with E-state index in [-0.39, 0.29) is 5.91 Å². The molecule has 1 rings (SSSR count). The number of amides is 1. The molecule has 6 nitrogen and oxygen atoms in total. The zero-order chi connectivity index (χ0) is 17.8. The predicted molar refractivity (Wildman–Crippen MR) is 102 cm³/mol. The van der Waals surface area contributed by atoms with Gasteiger partial charge in [-0.2, -0.15) is 0 Å². The van der Waals surface area contributed by atoms with E-state index in [1.54, 1.807) is 5.51 Å². The fraction of sp³-hybridized carbons (Fsp3) is 0.706. The van der Waals surface area contributed by atoms with Crippen molar-refractivity contribution < 1.29 is 4.79 Å². The van der Waals surface area contributed by atoms with Crippen molar-refractivity contribution in [1.82, 2.24) is 20.9 Å². The molecular weight excluding hydrogens is 322 g/mol. The molecule has 0 spiro atoms. The van der Waals surface area contributed by atoms with Gasteiger partial charge in [0.25, 0.3) is 5.91 Å². The van der Waals surface area contributed by atoms with Crippen LogP contribution in [0.25, 0.3) is 0 Å². The smallest absolute Gasteiger partial charge is 0.263 e. The SMILES string of the molecule is CCCCCC(C)NC(=NCCNC(=O)c1scnc1C)NCC. The Balaban J connectivity index is 2.37. The topological polar surface area (TPSA) is 78.4 Å². The highest BCUT2D eigenvalue weighted by Gasteiger charge is 2.10. The molecule has 0 saturated carbocycles. The van der Waals surface area contributed by atoms with Crippen molar-refractivity contribution in [3.05, 3.63) is 16.1 Å². The van der Waals surface area contributed by atoms with Crippen LogP contribution in [0.15, 0.2) is 10.5 Å². The molecule has 1 aromatic heterocycles. The summed E-state index contributed by atoms with van der Waals surface area (Å²) in [6.45, 7) is 10.2. The third-order valence-corrected chi connectivity index (χ3v) is 4.51. The third-order valence-electron chi connectivity index (χ3n) is 3.59. The van der Waals surface area contributed by atoms with E-state index in [2.05, 4.69) is 39.8 Å². The molecule has 0 bridgehead atoms. The molecule has 1 amide bonds. The zero-order valence-corrected chi connectivity index (χ0v) is 16.1. The summed E-state index contributed by atoms with van der Waals surface area (Å²) in [5.74, 6) is 0.737. The van der Waals surface area contributed by atoms with Crippen molar-refractivity contribution in [2.45, 2.75) is 59.4 Å². The fourth-order valence-corrected chi connectivity index (χ4v) is 2.98. The number of hydrogen-bond donors (Lipinski definition) is 3. The molecular formula is C17H31N5OS. The largest absolute Gasteiger partial charge is 0.357 e. The summed E-state index contributed by atoms with van der Waals surface area (Å²) in [6.07, 6.45) is 4.87. The molecule has 0 aliphatic heterocycles. The number of nitrogens with one attached hydrogen (secondary N) is 3. The van der Waals surface area contributed by atoms with Crippen LogP contribution >= 0.6 is 11.3 Å². The number of carbonyl (C=O) groups excluding carboxylic acids is 1. The first-order chi connectivity index (χ1) is 11.6. The van der Waals surface area contributed by atoms with Crippen LogP contribution in [0.1, 0.15) is 61.8 Å². The molecule has 0 aromatic carbocycles. The van der Waals surface area contributed by atoms with Crippen molar-refractivity contribution in [3.8, 4) is 0 Å². The van der Waals surface area contributed by atoms with Crippen LogP contribution in [0.4, 0.5) is 0 Å². The Morgan fingerprint density at radius 1 is 1.33 bits per heavy atom. The second-order valence-corrected chi connectivity index (χ2v) is 6.68. The van der Waals surface area contributed by atoms with Crippen molar-refractivity contribution in [1.29, 1.82) is 0 Å². The molecule has 1 heterocycles. The minimum atomic E-state index is -0.0731. The van der Waals surface area contributed by atoms with Gasteiger partial charge in [0.05, 0.1) is 17.7 Å². The highest BCUT2D eigenvalue weighted by molar-refractivity contribution is 7.11. The van der Waals surface area contributed by atoms with E-state index in [0.717, 1.165) is 24.6 Å². The van der Waals surface area contributed by atoms with Gasteiger partial charge in [-0.15, -0.1) is 11.3 Å². The Morgan fingerprint density at radius 2 is 2.12 bits per heavy atom. The lowest BCUT2D eigenvalue weighted by molar-refractivity contribution is 0.0958. The second-order valence-electron chi connectivity index (χ2n) is 5.82. The molecule has 0 fully saturated rings. The van der Waals surface area contributed by atoms with Gasteiger partial charge in [-0.05, 0) is 27.2 Å². The van der Waals surface area contributed by atoms with Gasteiger partial charge in [-0.3, -0.25) is 9.79 Å². The molecule has 1 unspecified atom stereocenters. The molecule has 0 radical (unpaired) electrons. The Labute approximate surface area is 149 Å². The highest BCUT2D eigenvalue weighted by atomic mass is 32.1. The lowest BCUT2D eigenvalue weighted by Crippen LogP contribution is -2.42. The number of aromatic nitrogens is 1. The maximum Gasteiger partial charge on any atom is 0.263 e. The lowest BCUT2D eigenvalue weighted by Gasteiger charge is -2.17. The van der Waals surface area contributed by atoms with Gasteiger partial charge in [0, 0.05) is 19.1 Å². The van der Waals surface area contributed by atoms with E-state index in [1.807, 2.05) is 13.8 Å². The third kappa shape index (κ3) is 7.77. The minimum absolute atomic E-state index is 0.0731. The molecule has 0 saturated heterocycles. The van der Waals surface area contributed by atoms with E-state index < -0.39 is 0 Å². The van der Waals surface area contributed by atoms with Crippen LogP contribution in [0.2, 0.25) is 0 Å². The summed E-state index contributed by atoms with van der Waals surface area (Å²) in [6, 6.07) is 0.392. The number of aliphatic imine (C=N–C) groups is 1. The Morgan fingerprint density at radius 3 is 2.75 bits per heavy atom. The Hall–Kier alpha value is -1.63. The maximum absolute atomic E-state index is 12.0. The minimum Gasteiger partial charge on any atom is -0.357 e. The molecule has 24 heavy (non-hydrogen) atoms. The molecule has 1 atom stereocenters. The van der Waals surface area contributed by atoms with Crippen molar-refractivity contribution in [3.63, 3.8) is 0 Å². The van der Waals surface area contributed by atoms with E-state index >= 15 is 0 Å². The number of aryl methyl sites for hydroxylation is 1. The monoisotopic (exact) mass is 353 g/mol. The van der Waals surface area contributed by atoms with Gasteiger partial charge in [0.15, 0.2) is 5.96 Å². The Kier molecular flexibility index (Phi) is 10.1. The van der Waals surface area contributed by atoms with Gasteiger partial charge in [-0.1, -0.05) is 26.2 Å². The summed E-state index contributed by atoms with van der Waals surface area (Å²) < 4.78 is 0. The first-order valence-electron chi connectivity index (χ1n) is 8.81. The molecule has 0 aliphatic carbocycles. The van der Waals surface area contributed by atoms with E-state index in [9.17, 15) is 4.79 Å². The van der Waals surface area contributed by atoms with Gasteiger partial charge >= 0.3 is 0 Å². The van der Waals surface area contributed by atoms with Crippen molar-refractivity contribution in [2.75, 3.05) is 19.6 Å². The average molecular weight is 354 g/mol. The van der Waals surface area contributed by atoms with Gasteiger partial charge in [0.1, 0.15) is 4.88 Å². The standard InChI is InChI=1S/C17H31N5OS/c1-5-7-8-9-13(3)22-17(18-6-2)20-11-10-19-16(23)15-14(4)21-12-24-15/h12-13H,5-11H2,1-4H3,(H,19,23)(H2,18,20,22). The van der Waals surface area contributed by atoms with E-state index in [4.69, 9.17) is 0 Å². The molecule has 3 N–H and O–H groups in total. The Bertz CT molecular complexity index is 515. The number of nitrogens with zero attached hydrogens (tertiary/aromatic N) is 2. The molecule has 136 valence electrons. The normalized spacial score (nSPS) is 12.8. The number of guanidine groups is 1. The van der Waals surface area contributed by atoms with Crippen molar-refractivity contribution >= 4 is 23.2 Å². The summed E-state index contributed by atoms with van der Waals surface area (Å²) >= 11 is 1.36. The van der Waals surface area contributed by atoms with E-state index in [0.29, 0.717) is 24.0 Å². The maximum atomic E-state index is 12.0. The first-order valence-corrected chi connectivity index (χ1v) is 9.69. The summed E-state index contributed by atoms with van der Waals surface area (Å²) in [5.41, 5.74) is 2.46. The molecule has 1 aromatic rings. The van der Waals surface area contributed by atoms with Gasteiger partial charge < -0.3 is 16.0 Å². The number of hydrogen-bond acceptors (Lipinski definition) is 4. The van der Waals surface area contributed by atoms with Gasteiger partial charge in [0.2, 0.25) is 0 Å². The fourth-order valence-electron chi connectivity index (χ4n) is 2.26. The quantitative estimate of drug-likeness (QED) is 0.343. The summed E-state index contributed by atoms with van der Waals surface area (Å²) in [5, 5.41) is 9.55. The van der Waals surface area contributed by atoms with Crippen LogP contribution in [0.5, 0.6) is 0 Å². The van der Waals surface area contributed by atoms with Crippen LogP contribution in [-0.2, 0) is 0 Å². The van der Waals surface area contributed by atoms with Crippen LogP contribution in [0.3, 0.4) is 0 Å². The molecule has 0 aliphatic rings. The second kappa shape index (κ2) is 11.8. The van der Waals surface area contributed by atoms with Gasteiger partial charge in [-0.25, -0.2) is 4.98 Å². The number of thiazole rings is 1. The number of rotatable bonds is 10. The summed E-state index contributed by atoms with van der Waals surface area (Å²) in [4.78, 5) is 21.3. The van der Waals surface area contributed by atoms with Crippen LogP contribution in [0, 0.1) is 6.92 Å². The predicted octanol–water partition coefficient (Wildman–Crippen LogP) is 2.71. The van der Waals surface area contributed by atoms with Crippen LogP contribution in [-0.4, -0.2) is 42.5 Å². The number of unbranched alkanes of at least 4 members (excludes halogenated alkanes) is 2. The average Bonchev–Trinajstić information content (AvgIpc) is 2.98. The van der Waals surface area contributed by atoms with Crippen LogP contribution < -0.4 is 16.0 Å². The lowest BCUT2D eigenvalue weighted by atomic mass is 10.1. The number of carbonyl (C=O) groups is 1. The zero-order valence-electron chi connectivity index (χ0n) is 15.3. The van der Waals surface area contributed by atoms with E-state index in [1.165, 1.54) is 30.6 Å². The highest BCUT2D eigenvalue weighted by Crippen LogP contribution is 2.11. The first kappa shape index (κ1) is 20.4. The summed E-state index contributed by atoms with van der Waals surface area (Å²) in [7, 11) is 0.